The molecule has 0 heterocycles. The van der Waals surface area contributed by atoms with Crippen molar-refractivity contribution in [1.29, 1.82) is 5.26 Å². The summed E-state index contributed by atoms with van der Waals surface area (Å²) in [4.78, 5) is 0. The van der Waals surface area contributed by atoms with Crippen molar-refractivity contribution in [3.63, 3.8) is 0 Å². The van der Waals surface area contributed by atoms with E-state index in [1.807, 2.05) is 0 Å². The Labute approximate surface area is 112 Å². The molecule has 0 aliphatic rings. The molecule has 0 bridgehead atoms. The average molecular weight is 280 g/mol. The summed E-state index contributed by atoms with van der Waals surface area (Å²) >= 11 is 0. The summed E-state index contributed by atoms with van der Waals surface area (Å²) in [6, 6.07) is 6.71. The van der Waals surface area contributed by atoms with Crippen LogP contribution in [0.15, 0.2) is 36.4 Å². The fourth-order valence-electron chi connectivity index (χ4n) is 1.67. The second-order valence-electron chi connectivity index (χ2n) is 3.97. The fourth-order valence-corrected chi connectivity index (χ4v) is 1.67. The number of nitrogens with one attached hydrogen (secondary N) is 1. The highest BCUT2D eigenvalue weighted by molar-refractivity contribution is 5.48. The van der Waals surface area contributed by atoms with Crippen molar-refractivity contribution in [2.75, 3.05) is 5.32 Å². The molecule has 0 aliphatic heterocycles. The molecule has 20 heavy (non-hydrogen) atoms. The van der Waals surface area contributed by atoms with Gasteiger partial charge in [0, 0.05) is 11.6 Å². The molecule has 0 spiro atoms. The normalized spacial score (nSPS) is 11.8. The molecule has 0 aromatic heterocycles. The second kappa shape index (κ2) is 5.61. The number of para-hydroxylation sites is 1. The number of halogens is 4. The van der Waals surface area contributed by atoms with Crippen LogP contribution in [0.4, 0.5) is 23.2 Å². The van der Waals surface area contributed by atoms with E-state index in [0.29, 0.717) is 12.1 Å². The smallest absolute Gasteiger partial charge is 0.161 e. The van der Waals surface area contributed by atoms with Gasteiger partial charge in [-0.1, -0.05) is 12.1 Å². The number of nitrogens with zero attached hydrogens (tertiary/aromatic N) is 1. The quantitative estimate of drug-likeness (QED) is 0.683. The maximum atomic E-state index is 13.6. The van der Waals surface area contributed by atoms with E-state index in [2.05, 4.69) is 5.32 Å². The topological polar surface area (TPSA) is 35.8 Å². The van der Waals surface area contributed by atoms with E-state index < -0.39 is 34.9 Å². The minimum Gasteiger partial charge on any atom is -0.364 e. The molecule has 102 valence electrons. The Morgan fingerprint density at radius 3 is 2.20 bits per heavy atom. The Hall–Kier alpha value is -2.55. The van der Waals surface area contributed by atoms with E-state index >= 15 is 0 Å². The molecule has 1 atom stereocenters. The zero-order valence-electron chi connectivity index (χ0n) is 10.0. The maximum absolute atomic E-state index is 13.6. The van der Waals surface area contributed by atoms with Crippen molar-refractivity contribution < 1.29 is 17.6 Å². The first kappa shape index (κ1) is 13.9. The largest absolute Gasteiger partial charge is 0.364 e. The molecular weight excluding hydrogens is 272 g/mol. The third-order valence-electron chi connectivity index (χ3n) is 2.65. The molecule has 2 aromatic rings. The maximum Gasteiger partial charge on any atom is 0.161 e. The van der Waals surface area contributed by atoms with Crippen LogP contribution in [0, 0.1) is 34.6 Å². The van der Waals surface area contributed by atoms with E-state index in [0.717, 1.165) is 6.07 Å². The lowest BCUT2D eigenvalue weighted by atomic mass is 10.1. The lowest BCUT2D eigenvalue weighted by Crippen LogP contribution is -2.12. The SMILES string of the molecule is N#CC(Nc1ccccc1F)c1cc(F)c(F)cc1F. The molecule has 6 heteroatoms. The van der Waals surface area contributed by atoms with Crippen molar-refractivity contribution >= 4 is 5.69 Å². The predicted molar refractivity (Wildman–Crippen MR) is 64.7 cm³/mol. The summed E-state index contributed by atoms with van der Waals surface area (Å²) in [5.74, 6) is -4.36. The molecule has 2 nitrogen and oxygen atoms in total. The van der Waals surface area contributed by atoms with Crippen molar-refractivity contribution in [3.05, 3.63) is 65.2 Å². The highest BCUT2D eigenvalue weighted by Crippen LogP contribution is 2.25. The van der Waals surface area contributed by atoms with Gasteiger partial charge in [-0.25, -0.2) is 17.6 Å². The number of rotatable bonds is 3. The van der Waals surface area contributed by atoms with Crippen LogP contribution in [-0.2, 0) is 0 Å². The Morgan fingerprint density at radius 1 is 0.900 bits per heavy atom. The summed E-state index contributed by atoms with van der Waals surface area (Å²) in [5.41, 5.74) is -0.433. The number of anilines is 1. The summed E-state index contributed by atoms with van der Waals surface area (Å²) in [6.07, 6.45) is 0. The highest BCUT2D eigenvalue weighted by Gasteiger charge is 2.19. The van der Waals surface area contributed by atoms with E-state index in [1.165, 1.54) is 18.2 Å². The van der Waals surface area contributed by atoms with Crippen molar-refractivity contribution in [1.82, 2.24) is 0 Å². The van der Waals surface area contributed by atoms with Crippen LogP contribution in [0.2, 0.25) is 0 Å². The van der Waals surface area contributed by atoms with E-state index in [-0.39, 0.29) is 5.69 Å². The summed E-state index contributed by atoms with van der Waals surface area (Å²) in [6.45, 7) is 0. The lowest BCUT2D eigenvalue weighted by molar-refractivity contribution is 0.489. The third-order valence-corrected chi connectivity index (χ3v) is 2.65. The molecule has 0 aliphatic carbocycles. The molecule has 2 rings (SSSR count). The van der Waals surface area contributed by atoms with Crippen molar-refractivity contribution in [3.8, 4) is 6.07 Å². The molecule has 1 unspecified atom stereocenters. The van der Waals surface area contributed by atoms with E-state index in [9.17, 15) is 17.6 Å². The van der Waals surface area contributed by atoms with Gasteiger partial charge in [0.15, 0.2) is 11.6 Å². The minimum atomic E-state index is -1.35. The molecule has 0 fully saturated rings. The first-order chi connectivity index (χ1) is 9.52. The van der Waals surface area contributed by atoms with Gasteiger partial charge in [0.25, 0.3) is 0 Å². The molecule has 1 N–H and O–H groups in total. The van der Waals surface area contributed by atoms with Gasteiger partial charge in [-0.15, -0.1) is 0 Å². The minimum absolute atomic E-state index is 0.0387. The van der Waals surface area contributed by atoms with Gasteiger partial charge in [0.1, 0.15) is 17.7 Å². The monoisotopic (exact) mass is 280 g/mol. The van der Waals surface area contributed by atoms with Gasteiger partial charge < -0.3 is 5.32 Å². The number of hydrogen-bond acceptors (Lipinski definition) is 2. The number of hydrogen-bond donors (Lipinski definition) is 1. The van der Waals surface area contributed by atoms with Gasteiger partial charge >= 0.3 is 0 Å². The summed E-state index contributed by atoms with van der Waals surface area (Å²) in [7, 11) is 0. The fraction of sp³-hybridized carbons (Fsp3) is 0.0714. The van der Waals surface area contributed by atoms with Crippen LogP contribution < -0.4 is 5.32 Å². The number of nitriles is 1. The first-order valence-corrected chi connectivity index (χ1v) is 5.58. The second-order valence-corrected chi connectivity index (χ2v) is 3.97. The molecule has 0 saturated heterocycles. The predicted octanol–water partition coefficient (Wildman–Crippen LogP) is 3.92. The van der Waals surface area contributed by atoms with Crippen LogP contribution >= 0.6 is 0 Å². The Balaban J connectivity index is 2.37. The summed E-state index contributed by atoms with van der Waals surface area (Å²) in [5, 5.41) is 11.4. The average Bonchev–Trinajstić information content (AvgIpc) is 2.42. The molecular formula is C14H8F4N2. The zero-order chi connectivity index (χ0) is 14.7. The molecule has 0 amide bonds. The summed E-state index contributed by atoms with van der Waals surface area (Å²) < 4.78 is 53.0. The van der Waals surface area contributed by atoms with E-state index in [4.69, 9.17) is 5.26 Å². The Morgan fingerprint density at radius 2 is 1.55 bits per heavy atom. The molecule has 0 saturated carbocycles. The van der Waals surface area contributed by atoms with Crippen molar-refractivity contribution in [2.24, 2.45) is 0 Å². The zero-order valence-corrected chi connectivity index (χ0v) is 10.0. The van der Waals surface area contributed by atoms with Gasteiger partial charge in [-0.05, 0) is 18.2 Å². The third kappa shape index (κ3) is 2.72. The lowest BCUT2D eigenvalue weighted by Gasteiger charge is -2.14. The van der Waals surface area contributed by atoms with E-state index in [1.54, 1.807) is 6.07 Å². The van der Waals surface area contributed by atoms with Crippen LogP contribution in [0.3, 0.4) is 0 Å². The van der Waals surface area contributed by atoms with Crippen LogP contribution in [0.25, 0.3) is 0 Å². The van der Waals surface area contributed by atoms with Crippen molar-refractivity contribution in [2.45, 2.75) is 6.04 Å². The Kier molecular flexibility index (Phi) is 3.89. The van der Waals surface area contributed by atoms with Crippen LogP contribution in [-0.4, -0.2) is 0 Å². The van der Waals surface area contributed by atoms with Gasteiger partial charge in [-0.3, -0.25) is 0 Å². The number of benzene rings is 2. The molecule has 2 aromatic carbocycles. The standard InChI is InChI=1S/C14H8F4N2/c15-9-3-1-2-4-13(9)20-14(7-19)8-5-11(17)12(18)6-10(8)16/h1-6,14,20H. The molecule has 0 radical (unpaired) electrons. The van der Waals surface area contributed by atoms with Gasteiger partial charge in [-0.2, -0.15) is 5.26 Å². The first-order valence-electron chi connectivity index (χ1n) is 5.58. The van der Waals surface area contributed by atoms with Gasteiger partial charge in [0.05, 0.1) is 11.8 Å². The highest BCUT2D eigenvalue weighted by atomic mass is 19.2. The van der Waals surface area contributed by atoms with Crippen LogP contribution in [0.5, 0.6) is 0 Å². The van der Waals surface area contributed by atoms with Gasteiger partial charge in [0.2, 0.25) is 0 Å². The Bertz CT molecular complexity index is 679. The van der Waals surface area contributed by atoms with Crippen LogP contribution in [0.1, 0.15) is 11.6 Å².